The number of nitrogens with two attached hydrogens (primary N) is 1. The van der Waals surface area contributed by atoms with Crippen molar-refractivity contribution in [3.8, 4) is 0 Å². The number of hydrogen-bond donors (Lipinski definition) is 3. The van der Waals surface area contributed by atoms with Crippen molar-refractivity contribution in [2.24, 2.45) is 5.73 Å². The largest absolute Gasteiger partial charge is 1.00 e. The van der Waals surface area contributed by atoms with Crippen LogP contribution in [0.1, 0.15) is 1.43 Å². The fraction of sp³-hybridized carbons (Fsp3) is 0. The van der Waals surface area contributed by atoms with Crippen LogP contribution in [0.3, 0.4) is 0 Å². The molecule has 7 nitrogen and oxygen atoms in total. The van der Waals surface area contributed by atoms with Crippen molar-refractivity contribution in [3.63, 3.8) is 0 Å². The van der Waals surface area contributed by atoms with Gasteiger partial charge in [-0.15, -0.1) is 0 Å². The minimum absolute atomic E-state index is 0. The van der Waals surface area contributed by atoms with Crippen molar-refractivity contribution in [3.05, 3.63) is 0 Å². The number of rotatable bonds is 2. The molecule has 0 atom stereocenters. The molecule has 0 bridgehead atoms. The van der Waals surface area contributed by atoms with Crippen LogP contribution in [0.15, 0.2) is 0 Å². The van der Waals surface area contributed by atoms with E-state index in [1.165, 1.54) is 5.48 Å². The van der Waals surface area contributed by atoms with Crippen LogP contribution in [-0.4, -0.2) is 23.6 Å². The van der Waals surface area contributed by atoms with Crippen LogP contribution in [0.5, 0.6) is 0 Å². The summed E-state index contributed by atoms with van der Waals surface area (Å²) < 4.78 is 30.5. The van der Waals surface area contributed by atoms with Gasteiger partial charge in [-0.25, -0.2) is 0 Å². The summed E-state index contributed by atoms with van der Waals surface area (Å²) in [7, 11) is 0. The normalized spacial score (nSPS) is 9.70. The predicted octanol–water partition coefficient (Wildman–Crippen LogP) is -5.01. The molecule has 0 aromatic heterocycles. The molecule has 0 heterocycles. The van der Waals surface area contributed by atoms with Gasteiger partial charge >= 0.3 is 80.7 Å². The van der Waals surface area contributed by atoms with Gasteiger partial charge in [0, 0.05) is 0 Å². The summed E-state index contributed by atoms with van der Waals surface area (Å²) in [4.78, 5) is 9.67. The van der Waals surface area contributed by atoms with Gasteiger partial charge in [-0.3, -0.25) is 0 Å². The van der Waals surface area contributed by atoms with E-state index in [0.717, 1.165) is 0 Å². The molecule has 2 amide bonds. The van der Waals surface area contributed by atoms with Crippen LogP contribution in [0, 0.1) is 0 Å². The third kappa shape index (κ3) is 11.2. The Kier molecular flexibility index (Phi) is 6.50. The average molecular weight is 227 g/mol. The molecule has 0 unspecified atom stereocenters. The van der Waals surface area contributed by atoms with Gasteiger partial charge in [0.1, 0.15) is 0 Å². The third-order valence-corrected chi connectivity index (χ3v) is 0.864. The predicted molar refractivity (Wildman–Crippen MR) is 24.3 cm³/mol. The molecule has 0 aromatic rings. The van der Waals surface area contributed by atoms with E-state index in [-0.39, 0.29) is 31.0 Å². The fourth-order valence-electron chi connectivity index (χ4n) is 0.0937. The van der Waals surface area contributed by atoms with E-state index in [0.29, 0.717) is 0 Å². The standard InChI is InChI=1S/CH4N2O5Se.Na.H/c2-1(4)3-8-9(5,6)7;;/h(H3,2,3,4)(H,5,6,7);;/q;+1;-1. The maximum absolute atomic E-state index is 9.67. The van der Waals surface area contributed by atoms with E-state index < -0.39 is 19.4 Å². The second kappa shape index (κ2) is 5.03. The first-order valence-electron chi connectivity index (χ1n) is 1.63. The zero-order chi connectivity index (χ0) is 7.49. The molecular weight excluding hydrogens is 222 g/mol. The topological polar surface area (TPSA) is 119 Å². The molecule has 0 aliphatic heterocycles. The van der Waals surface area contributed by atoms with Crippen molar-refractivity contribution in [1.82, 2.24) is 5.48 Å². The van der Waals surface area contributed by atoms with Crippen LogP contribution in [0.2, 0.25) is 0 Å². The summed E-state index contributed by atoms with van der Waals surface area (Å²) in [6.45, 7) is 0. The monoisotopic (exact) mass is 228 g/mol. The molecule has 0 spiro atoms. The summed E-state index contributed by atoms with van der Waals surface area (Å²) in [6, 6.07) is -1.20. The van der Waals surface area contributed by atoms with Crippen LogP contribution in [0.4, 0.5) is 4.79 Å². The maximum Gasteiger partial charge on any atom is 1.00 e. The number of carbonyl (C=O) groups excluding carboxylic acids is 1. The van der Waals surface area contributed by atoms with E-state index >= 15 is 0 Å². The molecule has 4 N–H and O–H groups in total. The Labute approximate surface area is 81.9 Å². The Balaban J connectivity index is -0.000000320. The number of carbonyl (C=O) groups is 1. The third-order valence-electron chi connectivity index (χ3n) is 0.248. The molecule has 0 aliphatic rings. The van der Waals surface area contributed by atoms with E-state index in [1.54, 1.807) is 0 Å². The molecule has 0 saturated heterocycles. The molecule has 0 fully saturated rings. The number of hydroxylamine groups is 1. The SMILES string of the molecule is NC(=O)NO[Se](=O)(=O)O.[H-].[Na+]. The second-order valence-corrected chi connectivity index (χ2v) is 3.12. The molecule has 0 radical (unpaired) electrons. The van der Waals surface area contributed by atoms with Gasteiger partial charge < -0.3 is 1.43 Å². The quantitative estimate of drug-likeness (QED) is 0.322. The first-order valence-corrected chi connectivity index (χ1v) is 4.49. The van der Waals surface area contributed by atoms with Crippen molar-refractivity contribution in [1.29, 1.82) is 0 Å². The molecule has 0 aliphatic carbocycles. The smallest absolute Gasteiger partial charge is 1.00 e. The summed E-state index contributed by atoms with van der Waals surface area (Å²) in [5, 5.41) is 0. The first-order chi connectivity index (χ1) is 3.92. The maximum atomic E-state index is 9.67. The van der Waals surface area contributed by atoms with Gasteiger partial charge in [0.25, 0.3) is 0 Å². The van der Waals surface area contributed by atoms with Crippen LogP contribution >= 0.6 is 0 Å². The van der Waals surface area contributed by atoms with Crippen LogP contribution in [-0.2, 0) is 11.6 Å². The average Bonchev–Trinajstić information content (AvgIpc) is 1.59. The fourth-order valence-corrected chi connectivity index (χ4v) is 0.487. The minimum Gasteiger partial charge on any atom is -1.00 e. The number of urea groups is 1. The second-order valence-electron chi connectivity index (χ2n) is 0.977. The minimum atomic E-state index is -5.29. The molecule has 10 heavy (non-hydrogen) atoms. The zero-order valence-electron chi connectivity index (χ0n) is 6.07. The van der Waals surface area contributed by atoms with Gasteiger partial charge in [-0.05, 0) is 0 Å². The Hall–Kier alpha value is 0.309. The summed E-state index contributed by atoms with van der Waals surface area (Å²) in [6.07, 6.45) is 0. The zero-order valence-corrected chi connectivity index (χ0v) is 8.78. The Morgan fingerprint density at radius 2 is 2.10 bits per heavy atom. The van der Waals surface area contributed by atoms with Gasteiger partial charge in [-0.1, -0.05) is 0 Å². The van der Waals surface area contributed by atoms with Gasteiger partial charge in [0.15, 0.2) is 0 Å². The van der Waals surface area contributed by atoms with Gasteiger partial charge in [-0.2, -0.15) is 0 Å². The molecule has 0 aromatic carbocycles. The van der Waals surface area contributed by atoms with E-state index in [2.05, 4.69) is 9.65 Å². The van der Waals surface area contributed by atoms with E-state index in [4.69, 9.17) is 4.19 Å². The van der Waals surface area contributed by atoms with Gasteiger partial charge in [0.05, 0.1) is 0 Å². The Morgan fingerprint density at radius 3 is 2.20 bits per heavy atom. The molecule has 0 saturated carbocycles. The first kappa shape index (κ1) is 12.9. The van der Waals surface area contributed by atoms with Crippen LogP contribution in [0.25, 0.3) is 0 Å². The van der Waals surface area contributed by atoms with E-state index in [9.17, 15) is 12.5 Å². The molecule has 56 valence electrons. The van der Waals surface area contributed by atoms with E-state index in [1.807, 2.05) is 0 Å². The Morgan fingerprint density at radius 1 is 1.70 bits per heavy atom. The number of hydrogen-bond acceptors (Lipinski definition) is 4. The van der Waals surface area contributed by atoms with Crippen LogP contribution < -0.4 is 40.8 Å². The number of nitrogens with one attached hydrogen (secondary N) is 1. The molecular formula is CH5N2NaO5Se. The summed E-state index contributed by atoms with van der Waals surface area (Å²) in [5.74, 6) is 0. The number of amides is 2. The molecule has 9 heteroatoms. The van der Waals surface area contributed by atoms with Crippen molar-refractivity contribution in [2.75, 3.05) is 0 Å². The molecule has 0 rings (SSSR count). The van der Waals surface area contributed by atoms with Crippen molar-refractivity contribution >= 4 is 19.4 Å². The van der Waals surface area contributed by atoms with Crippen molar-refractivity contribution in [2.45, 2.75) is 0 Å². The van der Waals surface area contributed by atoms with Gasteiger partial charge in [0.2, 0.25) is 0 Å². The summed E-state index contributed by atoms with van der Waals surface area (Å²) in [5.41, 5.74) is 5.58. The van der Waals surface area contributed by atoms with Crippen molar-refractivity contribution < 1.29 is 51.6 Å². The Bertz CT molecular complexity index is 203. The summed E-state index contributed by atoms with van der Waals surface area (Å²) >= 11 is -5.29. The number of primary amides is 1.